The highest BCUT2D eigenvalue weighted by Crippen LogP contribution is 2.27. The number of nitrogens with one attached hydrogen (secondary N) is 1. The molecule has 132 valence electrons. The Morgan fingerprint density at radius 1 is 1.21 bits per heavy atom. The Labute approximate surface area is 141 Å². The van der Waals surface area contributed by atoms with Crippen LogP contribution in [0, 0.1) is 0 Å². The van der Waals surface area contributed by atoms with E-state index in [0.717, 1.165) is 5.56 Å². The molecule has 0 saturated carbocycles. The van der Waals surface area contributed by atoms with E-state index in [1.54, 1.807) is 44.2 Å². The summed E-state index contributed by atoms with van der Waals surface area (Å²) >= 11 is 0. The molecule has 1 saturated heterocycles. The van der Waals surface area contributed by atoms with Crippen LogP contribution in [0.3, 0.4) is 0 Å². The maximum Gasteiger partial charge on any atom is 0.245 e. The highest BCUT2D eigenvalue weighted by Gasteiger charge is 2.23. The fourth-order valence-electron chi connectivity index (χ4n) is 2.59. The molecule has 0 radical (unpaired) electrons. The van der Waals surface area contributed by atoms with E-state index < -0.39 is 6.04 Å². The van der Waals surface area contributed by atoms with Gasteiger partial charge >= 0.3 is 0 Å². The van der Waals surface area contributed by atoms with E-state index in [0.29, 0.717) is 37.8 Å². The SMILES string of the molecule is COc1ccc(CC(=O)NC(C)C(=O)N2CCOCC2)cc1OC. The zero-order chi connectivity index (χ0) is 17.5. The van der Waals surface area contributed by atoms with Gasteiger partial charge in [0.1, 0.15) is 6.04 Å². The predicted molar refractivity (Wildman–Crippen MR) is 88.3 cm³/mol. The monoisotopic (exact) mass is 336 g/mol. The quantitative estimate of drug-likeness (QED) is 0.824. The van der Waals surface area contributed by atoms with Crippen molar-refractivity contribution >= 4 is 11.8 Å². The van der Waals surface area contributed by atoms with Crippen LogP contribution in [-0.4, -0.2) is 63.3 Å². The zero-order valence-corrected chi connectivity index (χ0v) is 14.3. The molecule has 7 nitrogen and oxygen atoms in total. The van der Waals surface area contributed by atoms with Gasteiger partial charge in [-0.3, -0.25) is 9.59 Å². The number of morpholine rings is 1. The third kappa shape index (κ3) is 4.61. The second-order valence-electron chi connectivity index (χ2n) is 5.59. The molecule has 1 unspecified atom stereocenters. The minimum atomic E-state index is -0.559. The average molecular weight is 336 g/mol. The number of ether oxygens (including phenoxy) is 3. The van der Waals surface area contributed by atoms with E-state index in [1.807, 2.05) is 0 Å². The highest BCUT2D eigenvalue weighted by molar-refractivity contribution is 5.88. The molecule has 1 fully saturated rings. The number of nitrogens with zero attached hydrogens (tertiary/aromatic N) is 1. The molecule has 0 spiro atoms. The Kier molecular flexibility index (Phi) is 6.43. The molecule has 1 atom stereocenters. The molecular weight excluding hydrogens is 312 g/mol. The highest BCUT2D eigenvalue weighted by atomic mass is 16.5. The first-order valence-electron chi connectivity index (χ1n) is 7.92. The van der Waals surface area contributed by atoms with Crippen LogP contribution in [0.5, 0.6) is 11.5 Å². The summed E-state index contributed by atoms with van der Waals surface area (Å²) in [6.45, 7) is 3.91. The van der Waals surface area contributed by atoms with Crippen molar-refractivity contribution in [3.05, 3.63) is 23.8 Å². The molecule has 2 amide bonds. The maximum atomic E-state index is 12.3. The molecule has 0 aromatic heterocycles. The number of benzene rings is 1. The second-order valence-corrected chi connectivity index (χ2v) is 5.59. The lowest BCUT2D eigenvalue weighted by Crippen LogP contribution is -2.50. The van der Waals surface area contributed by atoms with E-state index in [1.165, 1.54) is 0 Å². The van der Waals surface area contributed by atoms with Gasteiger partial charge in [0.25, 0.3) is 0 Å². The summed E-state index contributed by atoms with van der Waals surface area (Å²) in [5.74, 6) is 0.882. The van der Waals surface area contributed by atoms with Crippen molar-refractivity contribution in [3.63, 3.8) is 0 Å². The molecule has 1 aliphatic rings. The van der Waals surface area contributed by atoms with Gasteiger partial charge in [-0.25, -0.2) is 0 Å². The van der Waals surface area contributed by atoms with Crippen LogP contribution in [0.15, 0.2) is 18.2 Å². The molecule has 1 aromatic rings. The third-order valence-electron chi connectivity index (χ3n) is 3.88. The fraction of sp³-hybridized carbons (Fsp3) is 0.529. The number of carbonyl (C=O) groups is 2. The Balaban J connectivity index is 1.91. The topological polar surface area (TPSA) is 77.1 Å². The van der Waals surface area contributed by atoms with Crippen LogP contribution in [0.2, 0.25) is 0 Å². The van der Waals surface area contributed by atoms with Gasteiger partial charge in [0, 0.05) is 13.1 Å². The minimum absolute atomic E-state index is 0.0843. The summed E-state index contributed by atoms with van der Waals surface area (Å²) in [5, 5.41) is 2.75. The Bertz CT molecular complexity index is 584. The number of methoxy groups -OCH3 is 2. The van der Waals surface area contributed by atoms with Crippen molar-refractivity contribution in [1.82, 2.24) is 10.2 Å². The van der Waals surface area contributed by atoms with Crippen molar-refractivity contribution in [2.24, 2.45) is 0 Å². The number of rotatable bonds is 6. The maximum absolute atomic E-state index is 12.3. The van der Waals surface area contributed by atoms with Crippen molar-refractivity contribution < 1.29 is 23.8 Å². The minimum Gasteiger partial charge on any atom is -0.493 e. The lowest BCUT2D eigenvalue weighted by atomic mass is 10.1. The summed E-state index contributed by atoms with van der Waals surface area (Å²) in [5.41, 5.74) is 0.788. The lowest BCUT2D eigenvalue weighted by Gasteiger charge is -2.29. The Morgan fingerprint density at radius 2 is 1.88 bits per heavy atom. The first-order chi connectivity index (χ1) is 11.5. The van der Waals surface area contributed by atoms with Crippen molar-refractivity contribution in [3.8, 4) is 11.5 Å². The van der Waals surface area contributed by atoms with E-state index in [4.69, 9.17) is 14.2 Å². The largest absolute Gasteiger partial charge is 0.493 e. The molecule has 7 heteroatoms. The Morgan fingerprint density at radius 3 is 2.50 bits per heavy atom. The van der Waals surface area contributed by atoms with Crippen molar-refractivity contribution in [1.29, 1.82) is 0 Å². The van der Waals surface area contributed by atoms with Gasteiger partial charge < -0.3 is 24.4 Å². The van der Waals surface area contributed by atoms with E-state index in [-0.39, 0.29) is 18.2 Å². The summed E-state index contributed by atoms with van der Waals surface area (Å²) in [6, 6.07) is 4.75. The molecule has 24 heavy (non-hydrogen) atoms. The van der Waals surface area contributed by atoms with Gasteiger partial charge in [-0.1, -0.05) is 6.07 Å². The molecule has 0 aliphatic carbocycles. The zero-order valence-electron chi connectivity index (χ0n) is 14.3. The third-order valence-corrected chi connectivity index (χ3v) is 3.88. The summed E-state index contributed by atoms with van der Waals surface area (Å²) in [6.07, 6.45) is 0.168. The van der Waals surface area contributed by atoms with Crippen LogP contribution < -0.4 is 14.8 Å². The Hall–Kier alpha value is -2.28. The smallest absolute Gasteiger partial charge is 0.245 e. The predicted octanol–water partition coefficient (Wildman–Crippen LogP) is 0.610. The van der Waals surface area contributed by atoms with E-state index in [2.05, 4.69) is 5.32 Å². The van der Waals surface area contributed by atoms with Crippen LogP contribution >= 0.6 is 0 Å². The first-order valence-corrected chi connectivity index (χ1v) is 7.92. The molecule has 1 aliphatic heterocycles. The average Bonchev–Trinajstić information content (AvgIpc) is 2.61. The first kappa shape index (κ1) is 18.1. The standard InChI is InChI=1S/C17H24N2O5/c1-12(17(21)19-6-8-24-9-7-19)18-16(20)11-13-4-5-14(22-2)15(10-13)23-3/h4-5,10,12H,6-9,11H2,1-3H3,(H,18,20). The molecule has 1 heterocycles. The van der Waals surface area contributed by atoms with Crippen LogP contribution in [0.4, 0.5) is 0 Å². The van der Waals surface area contributed by atoms with Gasteiger partial charge in [0.05, 0.1) is 33.9 Å². The second kappa shape index (κ2) is 8.54. The summed E-state index contributed by atoms with van der Waals surface area (Å²) in [7, 11) is 3.11. The van der Waals surface area contributed by atoms with Gasteiger partial charge in [-0.2, -0.15) is 0 Å². The van der Waals surface area contributed by atoms with Crippen molar-refractivity contribution in [2.45, 2.75) is 19.4 Å². The molecule has 0 bridgehead atoms. The number of hydrogen-bond donors (Lipinski definition) is 1. The van der Waals surface area contributed by atoms with E-state index >= 15 is 0 Å². The van der Waals surface area contributed by atoms with Crippen molar-refractivity contribution in [2.75, 3.05) is 40.5 Å². The van der Waals surface area contributed by atoms with E-state index in [9.17, 15) is 9.59 Å². The fourth-order valence-corrected chi connectivity index (χ4v) is 2.59. The van der Waals surface area contributed by atoms with Gasteiger partial charge in [-0.15, -0.1) is 0 Å². The van der Waals surface area contributed by atoms with Gasteiger partial charge in [0.2, 0.25) is 11.8 Å². The molecule has 1 aromatic carbocycles. The number of carbonyl (C=O) groups excluding carboxylic acids is 2. The summed E-state index contributed by atoms with van der Waals surface area (Å²) < 4.78 is 15.6. The number of amides is 2. The number of hydrogen-bond acceptors (Lipinski definition) is 5. The van der Waals surface area contributed by atoms with Crippen LogP contribution in [0.25, 0.3) is 0 Å². The molecule has 2 rings (SSSR count). The normalized spacial score (nSPS) is 15.5. The van der Waals surface area contributed by atoms with Crippen LogP contribution in [0.1, 0.15) is 12.5 Å². The van der Waals surface area contributed by atoms with Crippen LogP contribution in [-0.2, 0) is 20.7 Å². The van der Waals surface area contributed by atoms with Gasteiger partial charge in [-0.05, 0) is 24.6 Å². The lowest BCUT2D eigenvalue weighted by molar-refractivity contribution is -0.139. The molecule has 1 N–H and O–H groups in total. The summed E-state index contributed by atoms with van der Waals surface area (Å²) in [4.78, 5) is 26.2. The van der Waals surface area contributed by atoms with Gasteiger partial charge in [0.15, 0.2) is 11.5 Å². The molecular formula is C17H24N2O5.